The molecular formula is C12H19N2+. The number of benzene rings is 1. The van der Waals surface area contributed by atoms with Gasteiger partial charge in [0.25, 0.3) is 0 Å². The van der Waals surface area contributed by atoms with Gasteiger partial charge in [0.15, 0.2) is 0 Å². The van der Waals surface area contributed by atoms with E-state index in [0.717, 1.165) is 12.1 Å². The highest BCUT2D eigenvalue weighted by atomic mass is 15.6. The van der Waals surface area contributed by atoms with Gasteiger partial charge < -0.3 is 0 Å². The highest BCUT2D eigenvalue weighted by molar-refractivity contribution is 5.99. The molecule has 1 aromatic carbocycles. The molecular weight excluding hydrogens is 172 g/mol. The Kier molecular flexibility index (Phi) is 3.42. The minimum atomic E-state index is 0.623. The van der Waals surface area contributed by atoms with E-state index in [9.17, 15) is 0 Å². The summed E-state index contributed by atoms with van der Waals surface area (Å²) in [6.45, 7) is 2.14. The van der Waals surface area contributed by atoms with E-state index in [-0.39, 0.29) is 0 Å². The molecule has 0 spiro atoms. The Morgan fingerprint density at radius 2 is 1.71 bits per heavy atom. The van der Waals surface area contributed by atoms with Crippen LogP contribution in [0.15, 0.2) is 35.4 Å². The third kappa shape index (κ3) is 3.30. The van der Waals surface area contributed by atoms with Gasteiger partial charge in [-0.1, -0.05) is 42.4 Å². The molecule has 0 saturated heterocycles. The summed E-state index contributed by atoms with van der Waals surface area (Å²) < 4.78 is 0.623. The molecule has 2 nitrogen and oxygen atoms in total. The third-order valence-electron chi connectivity index (χ3n) is 1.86. The fraction of sp³-hybridized carbons (Fsp3) is 0.417. The molecule has 0 aliphatic carbocycles. The monoisotopic (exact) mass is 191 g/mol. The lowest BCUT2D eigenvalue weighted by Gasteiger charge is -2.17. The molecule has 0 aromatic heterocycles. The van der Waals surface area contributed by atoms with Crippen molar-refractivity contribution in [2.45, 2.75) is 13.3 Å². The molecule has 0 fully saturated rings. The summed E-state index contributed by atoms with van der Waals surface area (Å²) in [5.41, 5.74) is 2.39. The standard InChI is InChI=1S/C12H19N2/c1-5-12(13-14(2,3)4)11-9-7-6-8-10-11/h6-10H,5H2,1-4H3/q+1/b13-12-. The first-order chi connectivity index (χ1) is 6.53. The zero-order valence-corrected chi connectivity index (χ0v) is 9.49. The zero-order chi connectivity index (χ0) is 10.6. The molecule has 0 heterocycles. The SMILES string of the molecule is CC/C(=N/[N+](C)(C)C)c1ccccc1. The minimum absolute atomic E-state index is 0.623. The average molecular weight is 191 g/mol. The van der Waals surface area contributed by atoms with Gasteiger partial charge in [-0.05, 0) is 6.42 Å². The molecule has 0 bridgehead atoms. The van der Waals surface area contributed by atoms with Crippen LogP contribution in [0.4, 0.5) is 0 Å². The van der Waals surface area contributed by atoms with E-state index in [4.69, 9.17) is 0 Å². The molecule has 0 amide bonds. The zero-order valence-electron chi connectivity index (χ0n) is 9.49. The molecule has 0 aliphatic rings. The van der Waals surface area contributed by atoms with Crippen molar-refractivity contribution in [3.05, 3.63) is 35.9 Å². The quantitative estimate of drug-likeness (QED) is 0.395. The Labute approximate surface area is 86.5 Å². The molecule has 0 unspecified atom stereocenters. The maximum Gasteiger partial charge on any atom is 0.103 e. The van der Waals surface area contributed by atoms with Gasteiger partial charge in [0.05, 0.1) is 21.1 Å². The lowest BCUT2D eigenvalue weighted by molar-refractivity contribution is -0.877. The molecule has 1 rings (SSSR count). The topological polar surface area (TPSA) is 12.4 Å². The minimum Gasteiger partial charge on any atom is -0.205 e. The summed E-state index contributed by atoms with van der Waals surface area (Å²) in [7, 11) is 6.20. The van der Waals surface area contributed by atoms with Crippen molar-refractivity contribution in [1.82, 2.24) is 0 Å². The first kappa shape index (κ1) is 10.9. The molecule has 0 aliphatic heterocycles. The number of hydrogen-bond acceptors (Lipinski definition) is 1. The number of nitrogens with zero attached hydrogens (tertiary/aromatic N) is 2. The first-order valence-corrected chi connectivity index (χ1v) is 4.99. The van der Waals surface area contributed by atoms with Crippen molar-refractivity contribution in [2.75, 3.05) is 21.1 Å². The summed E-state index contributed by atoms with van der Waals surface area (Å²) in [6.07, 6.45) is 0.972. The highest BCUT2D eigenvalue weighted by Crippen LogP contribution is 2.06. The number of quaternary nitrogens is 1. The van der Waals surface area contributed by atoms with Crippen LogP contribution in [0.5, 0.6) is 0 Å². The predicted octanol–water partition coefficient (Wildman–Crippen LogP) is 2.51. The third-order valence-corrected chi connectivity index (χ3v) is 1.86. The first-order valence-electron chi connectivity index (χ1n) is 4.99. The van der Waals surface area contributed by atoms with Crippen LogP contribution >= 0.6 is 0 Å². The molecule has 2 heteroatoms. The second kappa shape index (κ2) is 4.38. The smallest absolute Gasteiger partial charge is 0.103 e. The van der Waals surface area contributed by atoms with Gasteiger partial charge >= 0.3 is 0 Å². The molecule has 0 saturated carbocycles. The second-order valence-corrected chi connectivity index (χ2v) is 4.21. The molecule has 76 valence electrons. The largest absolute Gasteiger partial charge is 0.205 e. The van der Waals surface area contributed by atoms with Crippen molar-refractivity contribution in [2.24, 2.45) is 5.10 Å². The van der Waals surface area contributed by atoms with Crippen molar-refractivity contribution >= 4 is 5.71 Å². The van der Waals surface area contributed by atoms with Crippen LogP contribution in [0.1, 0.15) is 18.9 Å². The highest BCUT2D eigenvalue weighted by Gasteiger charge is 2.08. The predicted molar refractivity (Wildman–Crippen MR) is 61.3 cm³/mol. The van der Waals surface area contributed by atoms with Gasteiger partial charge in [0, 0.05) is 5.56 Å². The average Bonchev–Trinajstić information content (AvgIpc) is 2.14. The number of hydrogen-bond donors (Lipinski definition) is 0. The summed E-state index contributed by atoms with van der Waals surface area (Å²) in [5, 5.41) is 4.65. The van der Waals surface area contributed by atoms with Gasteiger partial charge in [0.1, 0.15) is 5.71 Å². The van der Waals surface area contributed by atoms with Gasteiger partial charge in [-0.15, -0.1) is 0 Å². The Morgan fingerprint density at radius 3 is 2.14 bits per heavy atom. The maximum absolute atomic E-state index is 4.65. The van der Waals surface area contributed by atoms with Gasteiger partial charge in [-0.25, -0.2) is 4.59 Å². The summed E-state index contributed by atoms with van der Waals surface area (Å²) >= 11 is 0. The van der Waals surface area contributed by atoms with Crippen molar-refractivity contribution in [3.63, 3.8) is 0 Å². The van der Waals surface area contributed by atoms with Crippen LogP contribution in [-0.4, -0.2) is 31.4 Å². The normalized spacial score (nSPS) is 13.0. The van der Waals surface area contributed by atoms with E-state index >= 15 is 0 Å². The van der Waals surface area contributed by atoms with Crippen LogP contribution < -0.4 is 0 Å². The second-order valence-electron chi connectivity index (χ2n) is 4.21. The van der Waals surface area contributed by atoms with E-state index in [1.165, 1.54) is 5.56 Å². The summed E-state index contributed by atoms with van der Waals surface area (Å²) in [4.78, 5) is 0. The lowest BCUT2D eigenvalue weighted by Crippen LogP contribution is -2.29. The van der Waals surface area contributed by atoms with E-state index in [2.05, 4.69) is 57.4 Å². The van der Waals surface area contributed by atoms with Crippen LogP contribution in [0.25, 0.3) is 0 Å². The van der Waals surface area contributed by atoms with E-state index in [1.807, 2.05) is 6.07 Å². The Morgan fingerprint density at radius 1 is 1.14 bits per heavy atom. The molecule has 14 heavy (non-hydrogen) atoms. The van der Waals surface area contributed by atoms with Gasteiger partial charge in [-0.2, -0.15) is 0 Å². The fourth-order valence-corrected chi connectivity index (χ4v) is 1.33. The van der Waals surface area contributed by atoms with E-state index < -0.39 is 0 Å². The lowest BCUT2D eigenvalue weighted by atomic mass is 10.1. The molecule has 1 aromatic rings. The van der Waals surface area contributed by atoms with Crippen molar-refractivity contribution in [3.8, 4) is 0 Å². The summed E-state index contributed by atoms with van der Waals surface area (Å²) in [5.74, 6) is 0. The van der Waals surface area contributed by atoms with Crippen LogP contribution in [0.2, 0.25) is 0 Å². The number of rotatable bonds is 3. The Bertz CT molecular complexity index is 307. The molecule has 0 N–H and O–H groups in total. The van der Waals surface area contributed by atoms with E-state index in [0.29, 0.717) is 4.59 Å². The van der Waals surface area contributed by atoms with Crippen molar-refractivity contribution in [1.29, 1.82) is 0 Å². The molecule has 0 atom stereocenters. The van der Waals surface area contributed by atoms with Crippen LogP contribution in [0, 0.1) is 0 Å². The maximum atomic E-state index is 4.65. The van der Waals surface area contributed by atoms with E-state index in [1.54, 1.807) is 0 Å². The Balaban J connectivity index is 3.00. The fourth-order valence-electron chi connectivity index (χ4n) is 1.33. The summed E-state index contributed by atoms with van der Waals surface area (Å²) in [6, 6.07) is 10.4. The van der Waals surface area contributed by atoms with Gasteiger partial charge in [0.2, 0.25) is 0 Å². The molecule has 0 radical (unpaired) electrons. The van der Waals surface area contributed by atoms with Crippen LogP contribution in [0.3, 0.4) is 0 Å². The van der Waals surface area contributed by atoms with Crippen LogP contribution in [-0.2, 0) is 0 Å². The van der Waals surface area contributed by atoms with Crippen molar-refractivity contribution < 1.29 is 4.59 Å². The Hall–Kier alpha value is -1.15. The van der Waals surface area contributed by atoms with Gasteiger partial charge in [-0.3, -0.25) is 0 Å².